The molecule has 0 spiro atoms. The fraction of sp³-hybridized carbons (Fsp3) is 0.318. The topological polar surface area (TPSA) is 8.81 Å². The number of nitrogens with zero attached hydrogens (tertiary/aromatic N) is 2. The fourth-order valence-electron chi connectivity index (χ4n) is 3.83. The Morgan fingerprint density at radius 1 is 0.958 bits per heavy atom. The van der Waals surface area contributed by atoms with E-state index in [0.717, 1.165) is 13.1 Å². The van der Waals surface area contributed by atoms with Crippen molar-refractivity contribution in [3.05, 3.63) is 77.7 Å². The molecule has 0 radical (unpaired) electrons. The molecule has 2 heteroatoms. The summed E-state index contributed by atoms with van der Waals surface area (Å²) in [6.07, 6.45) is 7.45. The zero-order chi connectivity index (χ0) is 16.4. The van der Waals surface area contributed by atoms with E-state index in [-0.39, 0.29) is 0 Å². The van der Waals surface area contributed by atoms with Gasteiger partial charge >= 0.3 is 0 Å². The predicted molar refractivity (Wildman–Crippen MR) is 97.9 cm³/mol. The summed E-state index contributed by atoms with van der Waals surface area (Å²) in [4.78, 5) is 0. The van der Waals surface area contributed by atoms with Crippen molar-refractivity contribution in [2.24, 2.45) is 0 Å². The lowest BCUT2D eigenvalue weighted by molar-refractivity contribution is -0.695. The minimum Gasteiger partial charge on any atom is -0.229 e. The minimum atomic E-state index is 0.962. The zero-order valence-corrected chi connectivity index (χ0v) is 14.4. The molecule has 0 unspecified atom stereocenters. The van der Waals surface area contributed by atoms with Crippen LogP contribution < -0.4 is 4.57 Å². The van der Waals surface area contributed by atoms with Crippen LogP contribution in [0.4, 0.5) is 0 Å². The van der Waals surface area contributed by atoms with Gasteiger partial charge in [0, 0.05) is 12.0 Å². The summed E-state index contributed by atoms with van der Waals surface area (Å²) in [5.74, 6) is 1.48. The fourth-order valence-corrected chi connectivity index (χ4v) is 3.83. The number of rotatable bonds is 3. The van der Waals surface area contributed by atoms with Crippen molar-refractivity contribution in [2.45, 2.75) is 45.7 Å². The van der Waals surface area contributed by atoms with Gasteiger partial charge in [0.05, 0.1) is 6.54 Å². The van der Waals surface area contributed by atoms with Crippen LogP contribution in [0.15, 0.2) is 60.8 Å². The van der Waals surface area contributed by atoms with Crippen molar-refractivity contribution in [1.29, 1.82) is 0 Å². The van der Waals surface area contributed by atoms with E-state index in [4.69, 9.17) is 0 Å². The summed E-state index contributed by atoms with van der Waals surface area (Å²) in [6.45, 7) is 4.27. The average Bonchev–Trinajstić information content (AvgIpc) is 2.78. The smallest absolute Gasteiger partial charge is 0.229 e. The first-order valence-corrected chi connectivity index (χ1v) is 9.04. The maximum absolute atomic E-state index is 2.55. The monoisotopic (exact) mass is 317 g/mol. The van der Waals surface area contributed by atoms with Crippen LogP contribution >= 0.6 is 0 Å². The normalized spacial score (nSPS) is 14.2. The van der Waals surface area contributed by atoms with Crippen molar-refractivity contribution in [2.75, 3.05) is 0 Å². The molecule has 2 nitrogen and oxygen atoms in total. The third-order valence-corrected chi connectivity index (χ3v) is 5.00. The van der Waals surface area contributed by atoms with Gasteiger partial charge in [-0.15, -0.1) is 0 Å². The number of fused-ring (bicyclic) bond motifs is 1. The Bertz CT molecular complexity index is 830. The van der Waals surface area contributed by atoms with Gasteiger partial charge in [0.15, 0.2) is 5.69 Å². The van der Waals surface area contributed by atoms with E-state index in [1.165, 1.54) is 53.9 Å². The number of hydrogen-bond acceptors (Lipinski definition) is 0. The Kier molecular flexibility index (Phi) is 4.20. The number of imidazole rings is 1. The molecule has 2 aromatic carbocycles. The van der Waals surface area contributed by atoms with Gasteiger partial charge in [0.25, 0.3) is 5.82 Å². The van der Waals surface area contributed by atoms with E-state index in [0.29, 0.717) is 0 Å². The molecule has 0 fully saturated rings. The third kappa shape index (κ3) is 3.01. The predicted octanol–water partition coefficient (Wildman–Crippen LogP) is 4.53. The molecular formula is C22H25N2+. The highest BCUT2D eigenvalue weighted by Crippen LogP contribution is 2.24. The van der Waals surface area contributed by atoms with E-state index in [2.05, 4.69) is 76.9 Å². The lowest BCUT2D eigenvalue weighted by Gasteiger charge is -2.04. The highest BCUT2D eigenvalue weighted by atomic mass is 15.2. The zero-order valence-electron chi connectivity index (χ0n) is 14.4. The SMILES string of the molecule is Cc1cccc(C[n+]2cc(-c3ccccc3)n3c2CCCCC3)c1. The Labute approximate surface area is 144 Å². The van der Waals surface area contributed by atoms with Crippen LogP contribution in [0.5, 0.6) is 0 Å². The first-order chi connectivity index (χ1) is 11.8. The molecule has 0 saturated carbocycles. The summed E-state index contributed by atoms with van der Waals surface area (Å²) in [5.41, 5.74) is 5.41. The maximum Gasteiger partial charge on any atom is 0.257 e. The van der Waals surface area contributed by atoms with Gasteiger partial charge in [0.2, 0.25) is 0 Å². The standard InChI is InChI=1S/C22H25N2/c1-18-9-8-10-19(15-18)16-23-17-21(20-11-4-2-5-12-20)24-14-7-3-6-13-22(23)24/h2,4-5,8-12,15,17H,3,6-7,13-14,16H2,1H3/q+1. The van der Waals surface area contributed by atoms with Gasteiger partial charge in [-0.05, 0) is 31.7 Å². The average molecular weight is 317 g/mol. The Balaban J connectivity index is 1.78. The highest BCUT2D eigenvalue weighted by molar-refractivity contribution is 5.58. The Morgan fingerprint density at radius 3 is 2.67 bits per heavy atom. The van der Waals surface area contributed by atoms with E-state index in [1.54, 1.807) is 0 Å². The second-order valence-corrected chi connectivity index (χ2v) is 6.88. The maximum atomic E-state index is 2.55. The first kappa shape index (κ1) is 15.2. The second kappa shape index (κ2) is 6.64. The lowest BCUT2D eigenvalue weighted by atomic mass is 10.1. The van der Waals surface area contributed by atoms with Crippen molar-refractivity contribution >= 4 is 0 Å². The van der Waals surface area contributed by atoms with Gasteiger partial charge in [-0.1, -0.05) is 60.2 Å². The molecule has 1 aliphatic heterocycles. The molecule has 4 rings (SSSR count). The van der Waals surface area contributed by atoms with Crippen LogP contribution in [0, 0.1) is 6.92 Å². The number of aryl methyl sites for hydroxylation is 1. The van der Waals surface area contributed by atoms with Crippen LogP contribution in [0.25, 0.3) is 11.3 Å². The molecule has 2 heterocycles. The number of aromatic nitrogens is 2. The first-order valence-electron chi connectivity index (χ1n) is 9.04. The Hall–Kier alpha value is -2.35. The van der Waals surface area contributed by atoms with Gasteiger partial charge < -0.3 is 0 Å². The lowest BCUT2D eigenvalue weighted by Crippen LogP contribution is -2.37. The van der Waals surface area contributed by atoms with Gasteiger partial charge in [0.1, 0.15) is 12.7 Å². The molecule has 0 bridgehead atoms. The molecule has 0 aliphatic carbocycles. The van der Waals surface area contributed by atoms with Crippen LogP contribution in [0.3, 0.4) is 0 Å². The molecule has 3 aromatic rings. The molecule has 0 amide bonds. The van der Waals surface area contributed by atoms with Crippen molar-refractivity contribution < 1.29 is 4.57 Å². The molecule has 122 valence electrons. The number of benzene rings is 2. The van der Waals surface area contributed by atoms with Gasteiger partial charge in [-0.3, -0.25) is 0 Å². The quantitative estimate of drug-likeness (QED) is 0.628. The van der Waals surface area contributed by atoms with Gasteiger partial charge in [-0.25, -0.2) is 9.13 Å². The summed E-state index contributed by atoms with van der Waals surface area (Å²) < 4.78 is 5.03. The molecule has 1 aliphatic rings. The molecule has 0 atom stereocenters. The third-order valence-electron chi connectivity index (χ3n) is 5.00. The summed E-state index contributed by atoms with van der Waals surface area (Å²) in [5, 5.41) is 0. The molecule has 0 N–H and O–H groups in total. The van der Waals surface area contributed by atoms with Gasteiger partial charge in [-0.2, -0.15) is 0 Å². The molecule has 24 heavy (non-hydrogen) atoms. The number of hydrogen-bond donors (Lipinski definition) is 0. The second-order valence-electron chi connectivity index (χ2n) is 6.88. The minimum absolute atomic E-state index is 0.962. The molecule has 1 aromatic heterocycles. The van der Waals surface area contributed by atoms with Crippen molar-refractivity contribution in [3.8, 4) is 11.3 Å². The van der Waals surface area contributed by atoms with E-state index in [1.807, 2.05) is 0 Å². The molecule has 0 saturated heterocycles. The van der Waals surface area contributed by atoms with Crippen LogP contribution in [0.2, 0.25) is 0 Å². The summed E-state index contributed by atoms with van der Waals surface area (Å²) in [6, 6.07) is 19.7. The van der Waals surface area contributed by atoms with Crippen LogP contribution in [-0.4, -0.2) is 4.57 Å². The van der Waals surface area contributed by atoms with Crippen molar-refractivity contribution in [3.63, 3.8) is 0 Å². The Morgan fingerprint density at radius 2 is 1.83 bits per heavy atom. The summed E-state index contributed by atoms with van der Waals surface area (Å²) in [7, 11) is 0. The highest BCUT2D eigenvalue weighted by Gasteiger charge is 2.25. The van der Waals surface area contributed by atoms with Crippen molar-refractivity contribution in [1.82, 2.24) is 4.57 Å². The van der Waals surface area contributed by atoms with E-state index < -0.39 is 0 Å². The van der Waals surface area contributed by atoms with Crippen LogP contribution in [-0.2, 0) is 19.5 Å². The van der Waals surface area contributed by atoms with E-state index in [9.17, 15) is 0 Å². The molecular weight excluding hydrogens is 292 g/mol. The largest absolute Gasteiger partial charge is 0.257 e. The summed E-state index contributed by atoms with van der Waals surface area (Å²) >= 11 is 0. The van der Waals surface area contributed by atoms with E-state index >= 15 is 0 Å². The van der Waals surface area contributed by atoms with Crippen LogP contribution in [0.1, 0.15) is 36.2 Å².